The van der Waals surface area contributed by atoms with Gasteiger partial charge in [0.1, 0.15) is 17.8 Å². The molecule has 33 heavy (non-hydrogen) atoms. The van der Waals surface area contributed by atoms with E-state index in [2.05, 4.69) is 31.7 Å². The number of hydrogen-bond donors (Lipinski definition) is 3. The Morgan fingerprint density at radius 1 is 0.970 bits per heavy atom. The number of hydrogen-bond acceptors (Lipinski definition) is 7. The zero-order valence-corrected chi connectivity index (χ0v) is 19.1. The van der Waals surface area contributed by atoms with Crippen molar-refractivity contribution in [3.05, 3.63) is 93.9 Å². The molecule has 2 heterocycles. The first-order valence-electron chi connectivity index (χ1n) is 9.97. The quantitative estimate of drug-likeness (QED) is 0.303. The highest BCUT2D eigenvalue weighted by molar-refractivity contribution is 6.32. The number of halogens is 2. The van der Waals surface area contributed by atoms with Crippen molar-refractivity contribution in [2.75, 3.05) is 16.4 Å². The van der Waals surface area contributed by atoms with Crippen LogP contribution < -0.4 is 16.4 Å². The predicted octanol–water partition coefficient (Wildman–Crippen LogP) is 6.21. The first-order chi connectivity index (χ1) is 16.0. The largest absolute Gasteiger partial charge is 0.393 e. The molecule has 164 valence electrons. The molecule has 9 heteroatoms. The fraction of sp³-hybridized carbons (Fsp3) is 0.0833. The Bertz CT molecular complexity index is 1320. The van der Waals surface area contributed by atoms with Crippen LogP contribution in [0.15, 0.2) is 67.1 Å². The third-order valence-corrected chi connectivity index (χ3v) is 5.61. The molecule has 0 aliphatic heterocycles. The lowest BCUT2D eigenvalue weighted by molar-refractivity contribution is 1.03. The normalized spacial score (nSPS) is 11.5. The van der Waals surface area contributed by atoms with E-state index in [-0.39, 0.29) is 0 Å². The highest BCUT2D eigenvalue weighted by Gasteiger charge is 2.19. The van der Waals surface area contributed by atoms with Gasteiger partial charge in [-0.25, -0.2) is 15.0 Å². The molecule has 0 fully saturated rings. The van der Waals surface area contributed by atoms with Gasteiger partial charge in [0.2, 0.25) is 0 Å². The topological polar surface area (TPSA) is 113 Å². The summed E-state index contributed by atoms with van der Waals surface area (Å²) in [6.45, 7) is 1.92. The van der Waals surface area contributed by atoms with Gasteiger partial charge < -0.3 is 16.4 Å². The first kappa shape index (κ1) is 22.3. The molecular formula is C24H19Cl2N7. The molecule has 0 spiro atoms. The number of nitrogens with two attached hydrogens (primary N) is 1. The molecule has 0 bridgehead atoms. The third kappa shape index (κ3) is 4.98. The number of nitriles is 1. The minimum atomic E-state index is -0.527. The van der Waals surface area contributed by atoms with E-state index >= 15 is 0 Å². The molecule has 0 radical (unpaired) electrons. The number of pyridine rings is 1. The Labute approximate surface area is 201 Å². The van der Waals surface area contributed by atoms with Gasteiger partial charge in [0, 0.05) is 21.9 Å². The highest BCUT2D eigenvalue weighted by Crippen LogP contribution is 2.36. The van der Waals surface area contributed by atoms with Gasteiger partial charge in [-0.05, 0) is 53.9 Å². The van der Waals surface area contributed by atoms with E-state index in [4.69, 9.17) is 28.9 Å². The molecule has 0 aliphatic carbocycles. The molecule has 2 aromatic heterocycles. The number of aryl methyl sites for hydroxylation is 1. The minimum Gasteiger partial charge on any atom is -0.393 e. The number of anilines is 5. The van der Waals surface area contributed by atoms with Crippen molar-refractivity contribution in [1.82, 2.24) is 15.0 Å². The summed E-state index contributed by atoms with van der Waals surface area (Å²) in [4.78, 5) is 12.7. The van der Waals surface area contributed by atoms with Crippen LogP contribution in [0.2, 0.25) is 10.0 Å². The first-order valence-corrected chi connectivity index (χ1v) is 10.7. The maximum Gasteiger partial charge on any atom is 0.160 e. The van der Waals surface area contributed by atoms with Gasteiger partial charge in [0.15, 0.2) is 11.6 Å². The summed E-state index contributed by atoms with van der Waals surface area (Å²) in [6, 6.07) is 18.6. The molecule has 0 amide bonds. The Kier molecular flexibility index (Phi) is 6.59. The van der Waals surface area contributed by atoms with Gasteiger partial charge in [0.25, 0.3) is 0 Å². The maximum absolute atomic E-state index is 9.81. The SMILES string of the molecule is Cc1cc(C(C#N)c2ccc(Cl)cc2)c(Cl)cc1Nc1ncnc(Nc2ccccn2)c1N. The summed E-state index contributed by atoms with van der Waals surface area (Å²) >= 11 is 12.6. The average molecular weight is 476 g/mol. The number of nitrogen functional groups attached to an aromatic ring is 1. The summed E-state index contributed by atoms with van der Waals surface area (Å²) in [5, 5.41) is 17.2. The van der Waals surface area contributed by atoms with Crippen LogP contribution in [0, 0.1) is 18.3 Å². The second-order valence-electron chi connectivity index (χ2n) is 7.25. The number of aromatic nitrogens is 3. The third-order valence-electron chi connectivity index (χ3n) is 5.04. The smallest absolute Gasteiger partial charge is 0.160 e. The van der Waals surface area contributed by atoms with Gasteiger partial charge in [-0.15, -0.1) is 0 Å². The number of rotatable bonds is 6. The van der Waals surface area contributed by atoms with E-state index in [1.54, 1.807) is 24.4 Å². The molecule has 1 unspecified atom stereocenters. The van der Waals surface area contributed by atoms with Crippen LogP contribution in [0.3, 0.4) is 0 Å². The highest BCUT2D eigenvalue weighted by atomic mass is 35.5. The minimum absolute atomic E-state index is 0.332. The van der Waals surface area contributed by atoms with Crippen molar-refractivity contribution < 1.29 is 0 Å². The monoisotopic (exact) mass is 475 g/mol. The van der Waals surface area contributed by atoms with Crippen LogP contribution in [-0.4, -0.2) is 15.0 Å². The lowest BCUT2D eigenvalue weighted by atomic mass is 9.91. The predicted molar refractivity (Wildman–Crippen MR) is 132 cm³/mol. The van der Waals surface area contributed by atoms with Gasteiger partial charge in [-0.1, -0.05) is 47.5 Å². The van der Waals surface area contributed by atoms with Crippen molar-refractivity contribution in [3.8, 4) is 6.07 Å². The molecule has 0 saturated carbocycles. The lowest BCUT2D eigenvalue weighted by Crippen LogP contribution is -2.07. The van der Waals surface area contributed by atoms with Crippen molar-refractivity contribution in [1.29, 1.82) is 5.26 Å². The molecule has 4 rings (SSSR count). The molecular weight excluding hydrogens is 457 g/mol. The van der Waals surface area contributed by atoms with Crippen LogP contribution >= 0.6 is 23.2 Å². The van der Waals surface area contributed by atoms with Gasteiger partial charge in [0.05, 0.1) is 12.0 Å². The summed E-state index contributed by atoms with van der Waals surface area (Å²) in [6.07, 6.45) is 3.08. The van der Waals surface area contributed by atoms with Crippen LogP contribution in [0.1, 0.15) is 22.6 Å². The Hall–Kier alpha value is -3.86. The van der Waals surface area contributed by atoms with Crippen LogP contribution in [0.5, 0.6) is 0 Å². The fourth-order valence-corrected chi connectivity index (χ4v) is 3.72. The second-order valence-corrected chi connectivity index (χ2v) is 8.10. The summed E-state index contributed by atoms with van der Waals surface area (Å²) in [5.41, 5.74) is 9.73. The molecule has 1 atom stereocenters. The molecule has 4 aromatic rings. The van der Waals surface area contributed by atoms with Crippen molar-refractivity contribution in [3.63, 3.8) is 0 Å². The van der Waals surface area contributed by atoms with E-state index in [0.29, 0.717) is 44.4 Å². The Morgan fingerprint density at radius 2 is 1.70 bits per heavy atom. The van der Waals surface area contributed by atoms with E-state index in [0.717, 1.165) is 11.1 Å². The summed E-state index contributed by atoms with van der Waals surface area (Å²) < 4.78 is 0. The van der Waals surface area contributed by atoms with E-state index in [1.807, 2.05) is 43.3 Å². The zero-order chi connectivity index (χ0) is 23.4. The van der Waals surface area contributed by atoms with Crippen LogP contribution in [0.4, 0.5) is 28.8 Å². The van der Waals surface area contributed by atoms with Crippen LogP contribution in [-0.2, 0) is 0 Å². The fourth-order valence-electron chi connectivity index (χ4n) is 3.32. The summed E-state index contributed by atoms with van der Waals surface area (Å²) in [7, 11) is 0. The van der Waals surface area contributed by atoms with E-state index < -0.39 is 5.92 Å². The Morgan fingerprint density at radius 3 is 2.36 bits per heavy atom. The number of nitrogens with one attached hydrogen (secondary N) is 2. The molecule has 0 saturated heterocycles. The zero-order valence-electron chi connectivity index (χ0n) is 17.6. The number of benzene rings is 2. The van der Waals surface area contributed by atoms with Crippen LogP contribution in [0.25, 0.3) is 0 Å². The van der Waals surface area contributed by atoms with Gasteiger partial charge >= 0.3 is 0 Å². The maximum atomic E-state index is 9.81. The second kappa shape index (κ2) is 9.74. The standard InChI is InChI=1S/C24H19Cl2N7/c1-14-10-17(18(12-27)15-5-7-16(25)8-6-15)19(26)11-20(14)32-23-22(28)24(31-13-30-23)33-21-4-2-3-9-29-21/h2-11,13,18H,28H2,1H3,(H2,29,30,31,32,33). The van der Waals surface area contributed by atoms with E-state index in [1.165, 1.54) is 6.33 Å². The van der Waals surface area contributed by atoms with Crippen molar-refractivity contribution >= 4 is 52.0 Å². The molecule has 7 nitrogen and oxygen atoms in total. The van der Waals surface area contributed by atoms with Gasteiger partial charge in [-0.3, -0.25) is 0 Å². The Balaban J connectivity index is 1.62. The van der Waals surface area contributed by atoms with Crippen molar-refractivity contribution in [2.45, 2.75) is 12.8 Å². The molecule has 0 aliphatic rings. The molecule has 4 N–H and O–H groups in total. The summed E-state index contributed by atoms with van der Waals surface area (Å²) in [5.74, 6) is 0.937. The average Bonchev–Trinajstić information content (AvgIpc) is 2.82. The van der Waals surface area contributed by atoms with Crippen molar-refractivity contribution in [2.24, 2.45) is 0 Å². The lowest BCUT2D eigenvalue weighted by Gasteiger charge is -2.17. The van der Waals surface area contributed by atoms with Gasteiger partial charge in [-0.2, -0.15) is 5.26 Å². The molecule has 2 aromatic carbocycles. The van der Waals surface area contributed by atoms with E-state index in [9.17, 15) is 5.26 Å². The number of nitrogens with zero attached hydrogens (tertiary/aromatic N) is 4.